The molecule has 1 aromatic rings. The minimum atomic E-state index is 0.854. The van der Waals surface area contributed by atoms with Gasteiger partial charge >= 0.3 is 0 Å². The molecule has 0 unspecified atom stereocenters. The summed E-state index contributed by atoms with van der Waals surface area (Å²) in [7, 11) is 0. The highest BCUT2D eigenvalue weighted by Crippen LogP contribution is 2.24. The van der Waals surface area contributed by atoms with Crippen molar-refractivity contribution < 1.29 is 4.42 Å². The smallest absolute Gasteiger partial charge is 0.118 e. The van der Waals surface area contributed by atoms with Crippen molar-refractivity contribution in [2.75, 3.05) is 19.6 Å². The number of likely N-dealkylation sites (tertiary alicyclic amines) is 1. The van der Waals surface area contributed by atoms with Gasteiger partial charge in [0.1, 0.15) is 11.5 Å². The van der Waals surface area contributed by atoms with Gasteiger partial charge in [-0.05, 0) is 57.8 Å². The Bertz CT molecular complexity index is 405. The van der Waals surface area contributed by atoms with E-state index < -0.39 is 0 Å². The molecule has 0 aliphatic carbocycles. The van der Waals surface area contributed by atoms with Gasteiger partial charge in [0, 0.05) is 12.1 Å². The predicted molar refractivity (Wildman–Crippen MR) is 88.4 cm³/mol. The number of aryl methyl sites for hydroxylation is 1. The first kappa shape index (κ1) is 16.6. The Morgan fingerprint density at radius 2 is 2.00 bits per heavy atom. The van der Waals surface area contributed by atoms with Crippen molar-refractivity contribution in [1.29, 1.82) is 0 Å². The van der Waals surface area contributed by atoms with E-state index in [1.165, 1.54) is 50.8 Å². The Labute approximate surface area is 130 Å². The van der Waals surface area contributed by atoms with Gasteiger partial charge in [-0.2, -0.15) is 0 Å². The van der Waals surface area contributed by atoms with Crippen molar-refractivity contribution in [3.8, 4) is 0 Å². The van der Waals surface area contributed by atoms with Crippen LogP contribution >= 0.6 is 0 Å². The summed E-state index contributed by atoms with van der Waals surface area (Å²) in [5.41, 5.74) is 1.37. The highest BCUT2D eigenvalue weighted by Gasteiger charge is 2.19. The molecule has 0 saturated carbocycles. The number of furan rings is 1. The number of hydrogen-bond acceptors (Lipinski definition) is 3. The summed E-state index contributed by atoms with van der Waals surface area (Å²) in [6.07, 6.45) is 6.65. The average Bonchev–Trinajstić information content (AvgIpc) is 2.82. The molecule has 1 aromatic heterocycles. The molecule has 0 atom stereocenters. The summed E-state index contributed by atoms with van der Waals surface area (Å²) in [6.45, 7) is 12.1. The SMILES string of the molecule is CCCNCc1cc(CN2CCC(CCC)CC2)c(C)o1. The third-order valence-electron chi connectivity index (χ3n) is 4.60. The molecule has 3 nitrogen and oxygen atoms in total. The van der Waals surface area contributed by atoms with Crippen LogP contribution in [0.15, 0.2) is 10.5 Å². The molecule has 1 fully saturated rings. The third-order valence-corrected chi connectivity index (χ3v) is 4.60. The second-order valence-electron chi connectivity index (χ2n) is 6.48. The van der Waals surface area contributed by atoms with E-state index in [2.05, 4.69) is 37.1 Å². The lowest BCUT2D eigenvalue weighted by Crippen LogP contribution is -2.33. The Morgan fingerprint density at radius 3 is 2.67 bits per heavy atom. The summed E-state index contributed by atoms with van der Waals surface area (Å²) >= 11 is 0. The maximum Gasteiger partial charge on any atom is 0.118 e. The number of piperidine rings is 1. The Balaban J connectivity index is 1.80. The van der Waals surface area contributed by atoms with E-state index in [-0.39, 0.29) is 0 Å². The van der Waals surface area contributed by atoms with Crippen LogP contribution in [-0.2, 0) is 13.1 Å². The van der Waals surface area contributed by atoms with E-state index >= 15 is 0 Å². The molecule has 0 aromatic carbocycles. The lowest BCUT2D eigenvalue weighted by Gasteiger charge is -2.31. The second kappa shape index (κ2) is 8.60. The maximum absolute atomic E-state index is 5.87. The van der Waals surface area contributed by atoms with Gasteiger partial charge in [-0.15, -0.1) is 0 Å². The van der Waals surface area contributed by atoms with Crippen molar-refractivity contribution in [2.45, 2.75) is 66.0 Å². The summed E-state index contributed by atoms with van der Waals surface area (Å²) in [5, 5.41) is 3.41. The molecule has 1 aliphatic rings. The maximum atomic E-state index is 5.87. The Kier molecular flexibility index (Phi) is 6.78. The van der Waals surface area contributed by atoms with Gasteiger partial charge < -0.3 is 9.73 Å². The van der Waals surface area contributed by atoms with Crippen molar-refractivity contribution in [3.05, 3.63) is 23.2 Å². The van der Waals surface area contributed by atoms with E-state index in [4.69, 9.17) is 4.42 Å². The molecule has 1 saturated heterocycles. The largest absolute Gasteiger partial charge is 0.465 e. The zero-order valence-corrected chi connectivity index (χ0v) is 14.1. The quantitative estimate of drug-likeness (QED) is 0.731. The molecule has 0 amide bonds. The van der Waals surface area contributed by atoms with Crippen LogP contribution in [0, 0.1) is 12.8 Å². The zero-order valence-electron chi connectivity index (χ0n) is 14.1. The minimum absolute atomic E-state index is 0.854. The van der Waals surface area contributed by atoms with Crippen LogP contribution in [0.1, 0.15) is 63.0 Å². The van der Waals surface area contributed by atoms with E-state index in [1.807, 2.05) is 0 Å². The molecule has 120 valence electrons. The van der Waals surface area contributed by atoms with Crippen LogP contribution in [0.2, 0.25) is 0 Å². The summed E-state index contributed by atoms with van der Waals surface area (Å²) in [6, 6.07) is 2.25. The van der Waals surface area contributed by atoms with Crippen LogP contribution < -0.4 is 5.32 Å². The topological polar surface area (TPSA) is 28.4 Å². The van der Waals surface area contributed by atoms with Gasteiger partial charge in [-0.3, -0.25) is 4.90 Å². The summed E-state index contributed by atoms with van der Waals surface area (Å²) in [4.78, 5) is 2.59. The van der Waals surface area contributed by atoms with Crippen molar-refractivity contribution in [1.82, 2.24) is 10.2 Å². The Hall–Kier alpha value is -0.800. The number of nitrogens with zero attached hydrogens (tertiary/aromatic N) is 1. The zero-order chi connectivity index (χ0) is 15.1. The van der Waals surface area contributed by atoms with Crippen LogP contribution in [0.4, 0.5) is 0 Å². The van der Waals surface area contributed by atoms with Gasteiger partial charge in [-0.1, -0.05) is 26.7 Å². The van der Waals surface area contributed by atoms with Gasteiger partial charge in [0.15, 0.2) is 0 Å². The predicted octanol–water partition coefficient (Wildman–Crippen LogP) is 4.10. The molecule has 3 heteroatoms. The van der Waals surface area contributed by atoms with Crippen LogP contribution in [-0.4, -0.2) is 24.5 Å². The lowest BCUT2D eigenvalue weighted by atomic mass is 9.92. The second-order valence-corrected chi connectivity index (χ2v) is 6.48. The first-order chi connectivity index (χ1) is 10.2. The van der Waals surface area contributed by atoms with Gasteiger partial charge in [0.2, 0.25) is 0 Å². The third kappa shape index (κ3) is 5.15. The van der Waals surface area contributed by atoms with Gasteiger partial charge in [0.25, 0.3) is 0 Å². The summed E-state index contributed by atoms with van der Waals surface area (Å²) < 4.78 is 5.87. The standard InChI is InChI=1S/C18H32N2O/c1-4-6-16-7-10-20(11-8-16)14-17-12-18(21-15(17)3)13-19-9-5-2/h12,16,19H,4-11,13-14H2,1-3H3. The fourth-order valence-electron chi connectivity index (χ4n) is 3.30. The number of rotatable bonds is 8. The highest BCUT2D eigenvalue weighted by molar-refractivity contribution is 5.20. The molecular formula is C18H32N2O. The van der Waals surface area contributed by atoms with Gasteiger partial charge in [-0.25, -0.2) is 0 Å². The fraction of sp³-hybridized carbons (Fsp3) is 0.778. The number of nitrogens with one attached hydrogen (secondary N) is 1. The van der Waals surface area contributed by atoms with Crippen molar-refractivity contribution >= 4 is 0 Å². The average molecular weight is 292 g/mol. The number of hydrogen-bond donors (Lipinski definition) is 1. The minimum Gasteiger partial charge on any atom is -0.465 e. The molecular weight excluding hydrogens is 260 g/mol. The highest BCUT2D eigenvalue weighted by atomic mass is 16.3. The van der Waals surface area contributed by atoms with Crippen molar-refractivity contribution in [2.24, 2.45) is 5.92 Å². The van der Waals surface area contributed by atoms with Crippen LogP contribution in [0.5, 0.6) is 0 Å². The molecule has 1 aliphatic heterocycles. The van der Waals surface area contributed by atoms with Crippen LogP contribution in [0.25, 0.3) is 0 Å². The molecule has 0 bridgehead atoms. The molecule has 0 spiro atoms. The first-order valence-corrected chi connectivity index (χ1v) is 8.74. The normalized spacial score (nSPS) is 17.5. The van der Waals surface area contributed by atoms with Gasteiger partial charge in [0.05, 0.1) is 6.54 Å². The van der Waals surface area contributed by atoms with E-state index in [1.54, 1.807) is 0 Å². The molecule has 2 heterocycles. The Morgan fingerprint density at radius 1 is 1.24 bits per heavy atom. The monoisotopic (exact) mass is 292 g/mol. The van der Waals surface area contributed by atoms with Crippen molar-refractivity contribution in [3.63, 3.8) is 0 Å². The molecule has 21 heavy (non-hydrogen) atoms. The summed E-state index contributed by atoms with van der Waals surface area (Å²) in [5.74, 6) is 3.14. The van der Waals surface area contributed by atoms with Crippen LogP contribution in [0.3, 0.4) is 0 Å². The fourth-order valence-corrected chi connectivity index (χ4v) is 3.30. The van der Waals surface area contributed by atoms with E-state index in [0.29, 0.717) is 0 Å². The lowest BCUT2D eigenvalue weighted by molar-refractivity contribution is 0.171. The molecule has 1 N–H and O–H groups in total. The van der Waals surface area contributed by atoms with E-state index in [0.717, 1.165) is 37.1 Å². The molecule has 0 radical (unpaired) electrons. The van der Waals surface area contributed by atoms with E-state index in [9.17, 15) is 0 Å². The molecule has 2 rings (SSSR count). The first-order valence-electron chi connectivity index (χ1n) is 8.74.